The third kappa shape index (κ3) is 7.17. The number of halogens is 6. The van der Waals surface area contributed by atoms with E-state index >= 15 is 0 Å². The van der Waals surface area contributed by atoms with Crippen LogP contribution in [0.5, 0.6) is 0 Å². The lowest BCUT2D eigenvalue weighted by molar-refractivity contribution is -0.143. The van der Waals surface area contributed by atoms with Gasteiger partial charge in [-0.2, -0.15) is 30.6 Å². The SMILES string of the molecule is C[C@@H](O[C@H]1CCN(C(=O)N2CCC(N3CCCS3(=O)=O)CC2)C[C@H]1c1ccccc1)c1cc(C(F)(F)F)cc(C(F)(F)F)c1. The molecule has 3 atom stereocenters. The van der Waals surface area contributed by atoms with Gasteiger partial charge in [0.05, 0.1) is 29.1 Å². The zero-order valence-corrected chi connectivity index (χ0v) is 25.0. The van der Waals surface area contributed by atoms with Gasteiger partial charge in [-0.1, -0.05) is 30.3 Å². The van der Waals surface area contributed by atoms with E-state index in [0.717, 1.165) is 5.56 Å². The molecule has 44 heavy (non-hydrogen) atoms. The van der Waals surface area contributed by atoms with Crippen molar-refractivity contribution in [1.82, 2.24) is 14.1 Å². The number of ether oxygens (including phenoxy) is 1. The molecule has 0 unspecified atom stereocenters. The number of nitrogens with zero attached hydrogens (tertiary/aromatic N) is 3. The van der Waals surface area contributed by atoms with Gasteiger partial charge in [0.15, 0.2) is 0 Å². The number of piperidine rings is 2. The topological polar surface area (TPSA) is 70.2 Å². The van der Waals surface area contributed by atoms with Crippen LogP contribution in [-0.4, -0.2) is 79.2 Å². The predicted octanol–water partition coefficient (Wildman–Crippen LogP) is 6.28. The van der Waals surface area contributed by atoms with Crippen LogP contribution in [0, 0.1) is 0 Å². The van der Waals surface area contributed by atoms with Crippen molar-refractivity contribution in [3.05, 3.63) is 70.8 Å². The van der Waals surface area contributed by atoms with Crippen LogP contribution >= 0.6 is 0 Å². The van der Waals surface area contributed by atoms with Crippen LogP contribution < -0.4 is 0 Å². The number of carbonyl (C=O) groups is 1. The Labute approximate surface area is 252 Å². The van der Waals surface area contributed by atoms with Gasteiger partial charge in [-0.15, -0.1) is 0 Å². The molecule has 0 aliphatic carbocycles. The van der Waals surface area contributed by atoms with Gasteiger partial charge >= 0.3 is 18.4 Å². The van der Waals surface area contributed by atoms with E-state index in [2.05, 4.69) is 0 Å². The Morgan fingerprint density at radius 1 is 0.864 bits per heavy atom. The van der Waals surface area contributed by atoms with Gasteiger partial charge < -0.3 is 14.5 Å². The van der Waals surface area contributed by atoms with Gasteiger partial charge in [0.25, 0.3) is 0 Å². The van der Waals surface area contributed by atoms with Gasteiger partial charge in [-0.3, -0.25) is 0 Å². The first-order valence-electron chi connectivity index (χ1n) is 14.7. The van der Waals surface area contributed by atoms with Crippen molar-refractivity contribution >= 4 is 16.1 Å². The van der Waals surface area contributed by atoms with Gasteiger partial charge in [0.1, 0.15) is 0 Å². The molecule has 2 aromatic rings. The molecular weight excluding hydrogens is 612 g/mol. The molecule has 0 saturated carbocycles. The van der Waals surface area contributed by atoms with E-state index in [-0.39, 0.29) is 48.5 Å². The fourth-order valence-electron chi connectivity index (χ4n) is 6.46. The van der Waals surface area contributed by atoms with Gasteiger partial charge in [-0.25, -0.2) is 13.2 Å². The molecule has 5 rings (SSSR count). The highest BCUT2D eigenvalue weighted by atomic mass is 32.2. The van der Waals surface area contributed by atoms with E-state index in [1.54, 1.807) is 14.1 Å². The highest BCUT2D eigenvalue weighted by Crippen LogP contribution is 2.40. The Bertz CT molecular complexity index is 1400. The van der Waals surface area contributed by atoms with Crippen LogP contribution in [0.4, 0.5) is 31.1 Å². The molecule has 0 aromatic heterocycles. The Morgan fingerprint density at radius 3 is 2.00 bits per heavy atom. The van der Waals surface area contributed by atoms with Crippen molar-refractivity contribution < 1.29 is 44.3 Å². The highest BCUT2D eigenvalue weighted by Gasteiger charge is 2.41. The second-order valence-corrected chi connectivity index (χ2v) is 13.7. The van der Waals surface area contributed by atoms with Crippen molar-refractivity contribution in [1.29, 1.82) is 0 Å². The van der Waals surface area contributed by atoms with Crippen molar-refractivity contribution in [3.63, 3.8) is 0 Å². The molecule has 7 nitrogen and oxygen atoms in total. The zero-order valence-electron chi connectivity index (χ0n) is 24.1. The molecule has 2 amide bonds. The molecular formula is C30H35F6N3O4S. The monoisotopic (exact) mass is 647 g/mol. The first kappa shape index (κ1) is 32.6. The van der Waals surface area contributed by atoms with Crippen molar-refractivity contribution in [2.24, 2.45) is 0 Å². The lowest BCUT2D eigenvalue weighted by Crippen LogP contribution is -2.54. The molecule has 2 aromatic carbocycles. The summed E-state index contributed by atoms with van der Waals surface area (Å²) in [6.45, 7) is 3.29. The molecule has 14 heteroatoms. The number of benzene rings is 2. The van der Waals surface area contributed by atoms with Crippen LogP contribution in [0.25, 0.3) is 0 Å². The summed E-state index contributed by atoms with van der Waals surface area (Å²) in [7, 11) is -3.24. The Morgan fingerprint density at radius 2 is 1.45 bits per heavy atom. The molecule has 3 saturated heterocycles. The minimum atomic E-state index is -4.97. The lowest BCUT2D eigenvalue weighted by Gasteiger charge is -2.43. The summed E-state index contributed by atoms with van der Waals surface area (Å²) in [6, 6.07) is 10.3. The number of hydrogen-bond donors (Lipinski definition) is 0. The average Bonchev–Trinajstić information content (AvgIpc) is 3.35. The first-order chi connectivity index (χ1) is 20.6. The Hall–Kier alpha value is -2.84. The van der Waals surface area contributed by atoms with Crippen molar-refractivity contribution in [3.8, 4) is 0 Å². The molecule has 0 radical (unpaired) electrons. The fourth-order valence-corrected chi connectivity index (χ4v) is 8.26. The smallest absolute Gasteiger partial charge is 0.370 e. The Kier molecular flexibility index (Phi) is 9.26. The molecule has 0 bridgehead atoms. The number of hydrogen-bond acceptors (Lipinski definition) is 4. The summed E-state index contributed by atoms with van der Waals surface area (Å²) in [6.07, 6.45) is -9.58. The molecule has 3 aliphatic rings. The predicted molar refractivity (Wildman–Crippen MR) is 150 cm³/mol. The van der Waals surface area contributed by atoms with Crippen LogP contribution in [0.2, 0.25) is 0 Å². The van der Waals surface area contributed by atoms with Gasteiger partial charge in [0.2, 0.25) is 10.0 Å². The van der Waals surface area contributed by atoms with Crippen LogP contribution in [-0.2, 0) is 27.1 Å². The van der Waals surface area contributed by atoms with Crippen molar-refractivity contribution in [2.75, 3.05) is 38.5 Å². The number of likely N-dealkylation sites (tertiary alicyclic amines) is 2. The normalized spacial score (nSPS) is 24.4. The van der Waals surface area contributed by atoms with E-state index in [1.807, 2.05) is 30.3 Å². The summed E-state index contributed by atoms with van der Waals surface area (Å²) < 4.78 is 113. The van der Waals surface area contributed by atoms with Crippen LogP contribution in [0.1, 0.15) is 66.9 Å². The number of sulfonamides is 1. The molecule has 0 spiro atoms. The quantitative estimate of drug-likeness (QED) is 0.359. The largest absolute Gasteiger partial charge is 0.416 e. The molecule has 3 aliphatic heterocycles. The summed E-state index contributed by atoms with van der Waals surface area (Å²) in [4.78, 5) is 17.0. The fraction of sp³-hybridized carbons (Fsp3) is 0.567. The number of amides is 2. The summed E-state index contributed by atoms with van der Waals surface area (Å²) in [5, 5.41) is 0. The Balaban J connectivity index is 1.30. The minimum absolute atomic E-state index is 0.0972. The number of alkyl halides is 6. The summed E-state index contributed by atoms with van der Waals surface area (Å²) >= 11 is 0. The standard InChI is InChI=1S/C30H35F6N3O4S/c1-20(22-16-23(29(31,32)33)18-24(17-22)30(34,35)36)43-27-10-14-38(19-26(27)21-6-3-2-4-7-21)28(40)37-12-8-25(9-13-37)39-11-5-15-44(39,41)42/h2-4,6-7,16-18,20,25-27H,5,8-15,19H2,1H3/t20-,26+,27+/m1/s1. The second-order valence-electron chi connectivity index (χ2n) is 11.7. The molecule has 3 fully saturated rings. The second kappa shape index (κ2) is 12.5. The molecule has 0 N–H and O–H groups in total. The maximum Gasteiger partial charge on any atom is 0.416 e. The maximum atomic E-state index is 13.6. The third-order valence-electron chi connectivity index (χ3n) is 8.79. The van der Waals surface area contributed by atoms with Gasteiger partial charge in [0, 0.05) is 44.7 Å². The molecule has 242 valence electrons. The summed E-state index contributed by atoms with van der Waals surface area (Å²) in [5.41, 5.74) is -2.20. The minimum Gasteiger partial charge on any atom is -0.370 e. The van der Waals surface area contributed by atoms with Crippen LogP contribution in [0.3, 0.4) is 0 Å². The van der Waals surface area contributed by atoms with E-state index in [4.69, 9.17) is 4.74 Å². The van der Waals surface area contributed by atoms with Crippen LogP contribution in [0.15, 0.2) is 48.5 Å². The summed E-state index contributed by atoms with van der Waals surface area (Å²) in [5.74, 6) is -0.226. The van der Waals surface area contributed by atoms with E-state index < -0.39 is 45.7 Å². The van der Waals surface area contributed by atoms with E-state index in [9.17, 15) is 39.6 Å². The zero-order chi connectivity index (χ0) is 31.9. The number of urea groups is 1. The van der Waals surface area contributed by atoms with Crippen molar-refractivity contribution in [2.45, 2.75) is 69.1 Å². The maximum absolute atomic E-state index is 13.6. The number of carbonyl (C=O) groups excluding carboxylic acids is 1. The van der Waals surface area contributed by atoms with Gasteiger partial charge in [-0.05, 0) is 61.9 Å². The highest BCUT2D eigenvalue weighted by molar-refractivity contribution is 7.89. The third-order valence-corrected chi connectivity index (χ3v) is 10.8. The molecule has 3 heterocycles. The first-order valence-corrected chi connectivity index (χ1v) is 16.3. The number of rotatable bonds is 5. The average molecular weight is 648 g/mol. The van der Waals surface area contributed by atoms with E-state index in [1.165, 1.54) is 6.92 Å². The lowest BCUT2D eigenvalue weighted by atomic mass is 9.87. The van der Waals surface area contributed by atoms with E-state index in [0.29, 0.717) is 57.5 Å².